The van der Waals surface area contributed by atoms with Crippen LogP contribution in [0.1, 0.15) is 5.56 Å². The van der Waals surface area contributed by atoms with Gasteiger partial charge < -0.3 is 4.74 Å². The zero-order chi connectivity index (χ0) is 17.4. The summed E-state index contributed by atoms with van der Waals surface area (Å²) in [6, 6.07) is 14.8. The van der Waals surface area contributed by atoms with E-state index in [1.165, 1.54) is 15.9 Å². The Balaban J connectivity index is 1.79. The van der Waals surface area contributed by atoms with Crippen molar-refractivity contribution in [1.82, 2.24) is 14.6 Å². The van der Waals surface area contributed by atoms with Crippen LogP contribution in [0.25, 0.3) is 22.4 Å². The van der Waals surface area contributed by atoms with E-state index < -0.39 is 0 Å². The van der Waals surface area contributed by atoms with Crippen LogP contribution >= 0.6 is 22.9 Å². The summed E-state index contributed by atoms with van der Waals surface area (Å²) >= 11 is 7.44. The molecule has 7 heteroatoms. The molecule has 0 aliphatic rings. The SMILES string of the molecule is COc1ccc(-c2nc3s/c(=C/c4ccccc4Cl)c(=O)n3n2)cc1. The summed E-state index contributed by atoms with van der Waals surface area (Å²) in [4.78, 5) is 17.6. The van der Waals surface area contributed by atoms with E-state index in [9.17, 15) is 4.79 Å². The molecule has 0 spiro atoms. The number of benzene rings is 2. The van der Waals surface area contributed by atoms with E-state index in [0.717, 1.165) is 16.9 Å². The second kappa shape index (κ2) is 6.31. The molecule has 0 saturated carbocycles. The van der Waals surface area contributed by atoms with E-state index in [-0.39, 0.29) is 5.56 Å². The van der Waals surface area contributed by atoms with Crippen molar-refractivity contribution in [1.29, 1.82) is 0 Å². The number of fused-ring (bicyclic) bond motifs is 1. The highest BCUT2D eigenvalue weighted by atomic mass is 35.5. The number of rotatable bonds is 3. The molecule has 0 saturated heterocycles. The summed E-state index contributed by atoms with van der Waals surface area (Å²) in [5.41, 5.74) is 1.42. The van der Waals surface area contributed by atoms with Crippen molar-refractivity contribution in [2.75, 3.05) is 7.11 Å². The zero-order valence-electron chi connectivity index (χ0n) is 13.1. The molecule has 4 rings (SSSR count). The van der Waals surface area contributed by atoms with Gasteiger partial charge in [-0.1, -0.05) is 41.1 Å². The lowest BCUT2D eigenvalue weighted by Crippen LogP contribution is -2.23. The fourth-order valence-electron chi connectivity index (χ4n) is 2.43. The first-order chi connectivity index (χ1) is 12.2. The van der Waals surface area contributed by atoms with Gasteiger partial charge in [0.1, 0.15) is 5.75 Å². The van der Waals surface area contributed by atoms with E-state index in [2.05, 4.69) is 10.1 Å². The number of hydrogen-bond donors (Lipinski definition) is 0. The lowest BCUT2D eigenvalue weighted by Gasteiger charge is -1.99. The molecule has 0 atom stereocenters. The Morgan fingerprint density at radius 1 is 1.16 bits per heavy atom. The van der Waals surface area contributed by atoms with E-state index >= 15 is 0 Å². The first-order valence-electron chi connectivity index (χ1n) is 7.46. The van der Waals surface area contributed by atoms with Crippen LogP contribution in [0.2, 0.25) is 5.02 Å². The van der Waals surface area contributed by atoms with Crippen LogP contribution in [0.3, 0.4) is 0 Å². The Labute approximate surface area is 151 Å². The number of thiazole rings is 1. The van der Waals surface area contributed by atoms with Crippen molar-refractivity contribution in [2.24, 2.45) is 0 Å². The molecule has 2 heterocycles. The van der Waals surface area contributed by atoms with E-state index in [1.54, 1.807) is 19.3 Å². The molecule has 0 radical (unpaired) electrons. The maximum absolute atomic E-state index is 12.6. The van der Waals surface area contributed by atoms with Gasteiger partial charge in [0.2, 0.25) is 4.96 Å². The van der Waals surface area contributed by atoms with Gasteiger partial charge in [0.15, 0.2) is 5.82 Å². The summed E-state index contributed by atoms with van der Waals surface area (Å²) in [7, 11) is 1.61. The number of nitrogens with zero attached hydrogens (tertiary/aromatic N) is 3. The molecule has 0 N–H and O–H groups in total. The predicted octanol–water partition coefficient (Wildman–Crippen LogP) is 3.03. The van der Waals surface area contributed by atoms with Crippen molar-refractivity contribution < 1.29 is 4.74 Å². The van der Waals surface area contributed by atoms with Gasteiger partial charge in [-0.05, 0) is 42.0 Å². The monoisotopic (exact) mass is 369 g/mol. The van der Waals surface area contributed by atoms with Crippen LogP contribution in [0, 0.1) is 0 Å². The highest BCUT2D eigenvalue weighted by molar-refractivity contribution is 7.15. The second-order valence-electron chi connectivity index (χ2n) is 5.30. The minimum Gasteiger partial charge on any atom is -0.497 e. The Bertz CT molecular complexity index is 1170. The predicted molar refractivity (Wildman–Crippen MR) is 99.4 cm³/mol. The topological polar surface area (TPSA) is 56.5 Å². The third-order valence-corrected chi connectivity index (χ3v) is 5.03. The average Bonchev–Trinajstić information content (AvgIpc) is 3.17. The molecule has 0 unspecified atom stereocenters. The van der Waals surface area contributed by atoms with Gasteiger partial charge in [0.05, 0.1) is 11.6 Å². The molecule has 0 aliphatic heterocycles. The molecule has 2 aromatic carbocycles. The van der Waals surface area contributed by atoms with E-state index in [1.807, 2.05) is 42.5 Å². The third kappa shape index (κ3) is 2.90. The van der Waals surface area contributed by atoms with E-state index in [4.69, 9.17) is 16.3 Å². The minimum absolute atomic E-state index is 0.202. The highest BCUT2D eigenvalue weighted by Crippen LogP contribution is 2.20. The third-order valence-electron chi connectivity index (χ3n) is 3.72. The van der Waals surface area contributed by atoms with Gasteiger partial charge in [0, 0.05) is 10.6 Å². The van der Waals surface area contributed by atoms with Crippen LogP contribution in [-0.2, 0) is 0 Å². The van der Waals surface area contributed by atoms with Crippen molar-refractivity contribution in [3.05, 3.63) is 74.0 Å². The Morgan fingerprint density at radius 3 is 2.60 bits per heavy atom. The first-order valence-corrected chi connectivity index (χ1v) is 8.65. The molecule has 124 valence electrons. The van der Waals surface area contributed by atoms with Gasteiger partial charge in [-0.2, -0.15) is 9.50 Å². The molecular weight excluding hydrogens is 358 g/mol. The van der Waals surface area contributed by atoms with Crippen molar-refractivity contribution in [3.63, 3.8) is 0 Å². The summed E-state index contributed by atoms with van der Waals surface area (Å²) in [5.74, 6) is 1.27. The normalized spacial score (nSPS) is 12.0. The standard InChI is InChI=1S/C18H12ClN3O2S/c1-24-13-8-6-11(7-9-13)16-20-18-22(21-16)17(23)15(25-18)10-12-4-2-3-5-14(12)19/h2-10H,1H3/b15-10+. The molecule has 0 bridgehead atoms. The summed E-state index contributed by atoms with van der Waals surface area (Å²) < 4.78 is 7.01. The molecule has 0 amide bonds. The fraction of sp³-hybridized carbons (Fsp3) is 0.0556. The maximum Gasteiger partial charge on any atom is 0.291 e. The molecule has 0 fully saturated rings. The molecule has 4 aromatic rings. The van der Waals surface area contributed by atoms with E-state index in [0.29, 0.717) is 20.3 Å². The molecule has 25 heavy (non-hydrogen) atoms. The number of aromatic nitrogens is 3. The van der Waals surface area contributed by atoms with Crippen molar-refractivity contribution >= 4 is 34.0 Å². The number of methoxy groups -OCH3 is 1. The van der Waals surface area contributed by atoms with Gasteiger partial charge in [-0.3, -0.25) is 4.79 Å². The molecule has 2 aromatic heterocycles. The first kappa shape index (κ1) is 15.8. The van der Waals surface area contributed by atoms with Gasteiger partial charge in [-0.25, -0.2) is 0 Å². The Kier molecular flexibility index (Phi) is 3.99. The highest BCUT2D eigenvalue weighted by Gasteiger charge is 2.12. The van der Waals surface area contributed by atoms with Gasteiger partial charge in [0.25, 0.3) is 5.56 Å². The summed E-state index contributed by atoms with van der Waals surface area (Å²) in [6.45, 7) is 0. The van der Waals surface area contributed by atoms with Crippen molar-refractivity contribution in [2.45, 2.75) is 0 Å². The summed E-state index contributed by atoms with van der Waals surface area (Å²) in [6.07, 6.45) is 1.76. The van der Waals surface area contributed by atoms with Gasteiger partial charge in [-0.15, -0.1) is 5.10 Å². The van der Waals surface area contributed by atoms with Gasteiger partial charge >= 0.3 is 0 Å². The maximum atomic E-state index is 12.6. The lowest BCUT2D eigenvalue weighted by molar-refractivity contribution is 0.415. The minimum atomic E-state index is -0.202. The largest absolute Gasteiger partial charge is 0.497 e. The second-order valence-corrected chi connectivity index (χ2v) is 6.71. The molecule has 0 aliphatic carbocycles. The molecular formula is C18H12ClN3O2S. The van der Waals surface area contributed by atoms with Crippen molar-refractivity contribution in [3.8, 4) is 17.1 Å². The average molecular weight is 370 g/mol. The lowest BCUT2D eigenvalue weighted by atomic mass is 10.2. The number of hydrogen-bond acceptors (Lipinski definition) is 5. The number of ether oxygens (including phenoxy) is 1. The van der Waals surface area contributed by atoms with Crippen LogP contribution in [0.15, 0.2) is 53.3 Å². The Hall–Kier alpha value is -2.70. The zero-order valence-corrected chi connectivity index (χ0v) is 14.7. The smallest absolute Gasteiger partial charge is 0.291 e. The van der Waals surface area contributed by atoms with Crippen LogP contribution in [0.4, 0.5) is 0 Å². The van der Waals surface area contributed by atoms with Crippen LogP contribution in [0.5, 0.6) is 5.75 Å². The fourth-order valence-corrected chi connectivity index (χ4v) is 3.52. The summed E-state index contributed by atoms with van der Waals surface area (Å²) in [5, 5.41) is 4.93. The Morgan fingerprint density at radius 2 is 1.92 bits per heavy atom. The number of halogens is 1. The molecule has 5 nitrogen and oxygen atoms in total. The van der Waals surface area contributed by atoms with Crippen LogP contribution < -0.4 is 14.8 Å². The van der Waals surface area contributed by atoms with Crippen LogP contribution in [-0.4, -0.2) is 21.7 Å². The quantitative estimate of drug-likeness (QED) is 0.557.